The Balaban J connectivity index is 2.16. The SMILES string of the molecule is CS(=O)(=O)N1CCCC1CNS(=O)(=O)c1ccccc1C#N. The van der Waals surface area contributed by atoms with Gasteiger partial charge in [-0.25, -0.2) is 21.6 Å². The fourth-order valence-electron chi connectivity index (χ4n) is 2.53. The van der Waals surface area contributed by atoms with Crippen LogP contribution in [0.1, 0.15) is 18.4 Å². The van der Waals surface area contributed by atoms with Gasteiger partial charge in [-0.15, -0.1) is 0 Å². The van der Waals surface area contributed by atoms with Crippen LogP contribution >= 0.6 is 0 Å². The van der Waals surface area contributed by atoms with Crippen molar-refractivity contribution in [3.63, 3.8) is 0 Å². The summed E-state index contributed by atoms with van der Waals surface area (Å²) in [6, 6.07) is 7.34. The average molecular weight is 343 g/mol. The Labute approximate surface area is 130 Å². The highest BCUT2D eigenvalue weighted by atomic mass is 32.2. The van der Waals surface area contributed by atoms with Gasteiger partial charge in [-0.1, -0.05) is 12.1 Å². The lowest BCUT2D eigenvalue weighted by Crippen LogP contribution is -2.42. The number of nitrogens with zero attached hydrogens (tertiary/aromatic N) is 2. The second kappa shape index (κ2) is 6.34. The number of nitriles is 1. The minimum atomic E-state index is -3.85. The Hall–Kier alpha value is -1.47. The van der Waals surface area contributed by atoms with Crippen LogP contribution in [0.4, 0.5) is 0 Å². The van der Waals surface area contributed by atoms with Crippen LogP contribution in [0, 0.1) is 11.3 Å². The predicted molar refractivity (Wildman–Crippen MR) is 80.9 cm³/mol. The molecule has 1 unspecified atom stereocenters. The molecule has 0 radical (unpaired) electrons. The van der Waals surface area contributed by atoms with Crippen molar-refractivity contribution in [3.05, 3.63) is 29.8 Å². The second-order valence-corrected chi connectivity index (χ2v) is 8.80. The molecular formula is C13H17N3O4S2. The minimum Gasteiger partial charge on any atom is -0.212 e. The quantitative estimate of drug-likeness (QED) is 0.825. The van der Waals surface area contributed by atoms with Crippen LogP contribution in [0.15, 0.2) is 29.2 Å². The molecular weight excluding hydrogens is 326 g/mol. The van der Waals surface area contributed by atoms with Gasteiger partial charge in [0.2, 0.25) is 20.0 Å². The van der Waals surface area contributed by atoms with Crippen molar-refractivity contribution in [2.75, 3.05) is 19.3 Å². The molecule has 1 aromatic carbocycles. The van der Waals surface area contributed by atoms with Gasteiger partial charge in [0, 0.05) is 19.1 Å². The number of benzene rings is 1. The molecule has 0 amide bonds. The summed E-state index contributed by atoms with van der Waals surface area (Å²) < 4.78 is 51.6. The number of hydrogen-bond donors (Lipinski definition) is 1. The standard InChI is InChI=1S/C13H17N3O4S2/c1-21(17,18)16-8-4-6-12(16)10-15-22(19,20)13-7-3-2-5-11(13)9-14/h2-3,5,7,12,15H,4,6,8,10H2,1H3. The fraction of sp³-hybridized carbons (Fsp3) is 0.462. The molecule has 7 nitrogen and oxygen atoms in total. The van der Waals surface area contributed by atoms with Gasteiger partial charge >= 0.3 is 0 Å². The average Bonchev–Trinajstić information content (AvgIpc) is 2.94. The summed E-state index contributed by atoms with van der Waals surface area (Å²) in [5, 5.41) is 8.98. The van der Waals surface area contributed by atoms with E-state index in [0.29, 0.717) is 19.4 Å². The molecule has 1 atom stereocenters. The summed E-state index contributed by atoms with van der Waals surface area (Å²) in [7, 11) is -7.20. The van der Waals surface area contributed by atoms with Crippen LogP contribution in [-0.2, 0) is 20.0 Å². The molecule has 1 aliphatic rings. The van der Waals surface area contributed by atoms with Gasteiger partial charge < -0.3 is 0 Å². The molecule has 22 heavy (non-hydrogen) atoms. The van der Waals surface area contributed by atoms with E-state index in [1.165, 1.54) is 22.5 Å². The van der Waals surface area contributed by atoms with Crippen molar-refractivity contribution >= 4 is 20.0 Å². The predicted octanol–water partition coefficient (Wildman–Crippen LogP) is 0.261. The number of hydrogen-bond acceptors (Lipinski definition) is 5. The van der Waals surface area contributed by atoms with Crippen molar-refractivity contribution in [1.82, 2.24) is 9.03 Å². The molecule has 1 aliphatic heterocycles. The maximum atomic E-state index is 12.3. The summed E-state index contributed by atoms with van der Waals surface area (Å²) in [5.74, 6) is 0. The summed E-state index contributed by atoms with van der Waals surface area (Å²) in [4.78, 5) is -0.0959. The Bertz CT molecular complexity index is 797. The normalized spacial score (nSPS) is 19.9. The van der Waals surface area contributed by atoms with Crippen LogP contribution in [-0.4, -0.2) is 46.5 Å². The van der Waals surface area contributed by atoms with Crippen LogP contribution in [0.2, 0.25) is 0 Å². The van der Waals surface area contributed by atoms with E-state index in [9.17, 15) is 16.8 Å². The van der Waals surface area contributed by atoms with E-state index in [2.05, 4.69) is 4.72 Å². The van der Waals surface area contributed by atoms with Crippen molar-refractivity contribution in [2.24, 2.45) is 0 Å². The highest BCUT2D eigenvalue weighted by Gasteiger charge is 2.32. The molecule has 1 N–H and O–H groups in total. The molecule has 0 saturated carbocycles. The van der Waals surface area contributed by atoms with Gasteiger partial charge in [0.1, 0.15) is 6.07 Å². The molecule has 0 aliphatic carbocycles. The molecule has 2 rings (SSSR count). The van der Waals surface area contributed by atoms with E-state index in [0.717, 1.165) is 6.26 Å². The first-order valence-corrected chi connectivity index (χ1v) is 10.0. The highest BCUT2D eigenvalue weighted by Crippen LogP contribution is 2.21. The Kier molecular flexibility index (Phi) is 4.87. The van der Waals surface area contributed by atoms with Gasteiger partial charge in [-0.2, -0.15) is 9.57 Å². The summed E-state index contributed by atoms with van der Waals surface area (Å²) in [6.45, 7) is 0.398. The largest absolute Gasteiger partial charge is 0.241 e. The van der Waals surface area contributed by atoms with Crippen LogP contribution in [0.5, 0.6) is 0 Å². The molecule has 1 saturated heterocycles. The van der Waals surface area contributed by atoms with E-state index in [1.54, 1.807) is 6.07 Å². The maximum absolute atomic E-state index is 12.3. The molecule has 0 spiro atoms. The number of nitrogens with one attached hydrogen (secondary N) is 1. The van der Waals surface area contributed by atoms with Crippen molar-refractivity contribution in [1.29, 1.82) is 5.26 Å². The Morgan fingerprint density at radius 2 is 2.00 bits per heavy atom. The Morgan fingerprint density at radius 1 is 1.32 bits per heavy atom. The van der Waals surface area contributed by atoms with Crippen molar-refractivity contribution < 1.29 is 16.8 Å². The van der Waals surface area contributed by atoms with E-state index in [-0.39, 0.29) is 23.0 Å². The molecule has 0 bridgehead atoms. The van der Waals surface area contributed by atoms with Gasteiger partial charge in [-0.3, -0.25) is 0 Å². The fourth-order valence-corrected chi connectivity index (χ4v) is 4.94. The third kappa shape index (κ3) is 3.64. The van der Waals surface area contributed by atoms with Gasteiger partial charge in [0.25, 0.3) is 0 Å². The minimum absolute atomic E-state index is 0.00480. The van der Waals surface area contributed by atoms with Gasteiger partial charge in [0.05, 0.1) is 16.7 Å². The van der Waals surface area contributed by atoms with Gasteiger partial charge in [0.15, 0.2) is 0 Å². The first-order valence-electron chi connectivity index (χ1n) is 6.71. The third-order valence-corrected chi connectivity index (χ3v) is 6.37. The zero-order valence-electron chi connectivity index (χ0n) is 12.1. The molecule has 1 aromatic rings. The summed E-state index contributed by atoms with van der Waals surface area (Å²) >= 11 is 0. The lowest BCUT2D eigenvalue weighted by molar-refractivity contribution is 0.388. The van der Waals surface area contributed by atoms with Crippen LogP contribution < -0.4 is 4.72 Å². The lowest BCUT2D eigenvalue weighted by atomic mass is 10.2. The third-order valence-electron chi connectivity index (χ3n) is 3.56. The summed E-state index contributed by atoms with van der Waals surface area (Å²) in [6.07, 6.45) is 2.43. The molecule has 1 fully saturated rings. The van der Waals surface area contributed by atoms with Crippen molar-refractivity contribution in [2.45, 2.75) is 23.8 Å². The van der Waals surface area contributed by atoms with Crippen LogP contribution in [0.3, 0.4) is 0 Å². The zero-order valence-corrected chi connectivity index (χ0v) is 13.7. The topological polar surface area (TPSA) is 107 Å². The molecule has 9 heteroatoms. The first kappa shape index (κ1) is 16.9. The number of rotatable bonds is 5. The summed E-state index contributed by atoms with van der Waals surface area (Å²) in [5.41, 5.74) is 0.0568. The zero-order chi connectivity index (χ0) is 16.4. The van der Waals surface area contributed by atoms with Crippen molar-refractivity contribution in [3.8, 4) is 6.07 Å². The highest BCUT2D eigenvalue weighted by molar-refractivity contribution is 7.89. The lowest BCUT2D eigenvalue weighted by Gasteiger charge is -2.22. The second-order valence-electron chi connectivity index (χ2n) is 5.13. The van der Waals surface area contributed by atoms with Crippen LogP contribution in [0.25, 0.3) is 0 Å². The smallest absolute Gasteiger partial charge is 0.212 e. The van der Waals surface area contributed by atoms with Gasteiger partial charge in [-0.05, 0) is 25.0 Å². The molecule has 120 valence electrons. The monoisotopic (exact) mass is 343 g/mol. The van der Waals surface area contributed by atoms with E-state index >= 15 is 0 Å². The van der Waals surface area contributed by atoms with E-state index < -0.39 is 20.0 Å². The first-order chi connectivity index (χ1) is 10.3. The Morgan fingerprint density at radius 3 is 2.64 bits per heavy atom. The van der Waals surface area contributed by atoms with E-state index in [1.807, 2.05) is 6.07 Å². The maximum Gasteiger partial charge on any atom is 0.241 e. The molecule has 1 heterocycles. The number of sulfonamides is 2. The molecule has 0 aromatic heterocycles. The van der Waals surface area contributed by atoms with E-state index in [4.69, 9.17) is 5.26 Å².